The van der Waals surface area contributed by atoms with Crippen LogP contribution in [0.1, 0.15) is 51.9 Å². The molecule has 2 unspecified atom stereocenters. The number of nitrogens with one attached hydrogen (secondary N) is 1. The van der Waals surface area contributed by atoms with Crippen LogP contribution in [-0.4, -0.2) is 36.6 Å². The molecule has 0 aromatic rings. The fourth-order valence-corrected chi connectivity index (χ4v) is 3.69. The van der Waals surface area contributed by atoms with Crippen molar-refractivity contribution in [3.63, 3.8) is 0 Å². The second kappa shape index (κ2) is 5.27. The van der Waals surface area contributed by atoms with Gasteiger partial charge >= 0.3 is 0 Å². The molecule has 98 valence electrons. The van der Waals surface area contributed by atoms with E-state index in [0.29, 0.717) is 0 Å². The SMILES string of the molecule is CC1CNC(C2CCCCC2)CN1CC1CC1. The summed E-state index contributed by atoms with van der Waals surface area (Å²) < 4.78 is 0. The van der Waals surface area contributed by atoms with Gasteiger partial charge in [-0.1, -0.05) is 19.3 Å². The van der Waals surface area contributed by atoms with Gasteiger partial charge in [-0.2, -0.15) is 0 Å². The maximum atomic E-state index is 3.82. The topological polar surface area (TPSA) is 15.3 Å². The van der Waals surface area contributed by atoms with Crippen molar-refractivity contribution in [1.82, 2.24) is 10.2 Å². The first-order chi connectivity index (χ1) is 8.33. The predicted molar refractivity (Wildman–Crippen MR) is 72.1 cm³/mol. The second-order valence-electron chi connectivity index (χ2n) is 6.66. The van der Waals surface area contributed by atoms with E-state index in [1.54, 1.807) is 0 Å². The smallest absolute Gasteiger partial charge is 0.0224 e. The summed E-state index contributed by atoms with van der Waals surface area (Å²) >= 11 is 0. The number of hydrogen-bond acceptors (Lipinski definition) is 2. The van der Waals surface area contributed by atoms with Crippen LogP contribution in [0, 0.1) is 11.8 Å². The molecule has 0 spiro atoms. The average molecular weight is 236 g/mol. The highest BCUT2D eigenvalue weighted by atomic mass is 15.2. The van der Waals surface area contributed by atoms with E-state index in [9.17, 15) is 0 Å². The third-order valence-electron chi connectivity index (χ3n) is 5.14. The van der Waals surface area contributed by atoms with Crippen molar-refractivity contribution in [3.05, 3.63) is 0 Å². The molecule has 0 aromatic heterocycles. The van der Waals surface area contributed by atoms with E-state index >= 15 is 0 Å². The van der Waals surface area contributed by atoms with Gasteiger partial charge in [0.25, 0.3) is 0 Å². The van der Waals surface area contributed by atoms with Gasteiger partial charge in [-0.25, -0.2) is 0 Å². The zero-order valence-electron chi connectivity index (χ0n) is 11.3. The molecule has 2 nitrogen and oxygen atoms in total. The highest BCUT2D eigenvalue weighted by Crippen LogP contribution is 2.32. The lowest BCUT2D eigenvalue weighted by atomic mass is 9.82. The maximum Gasteiger partial charge on any atom is 0.0224 e. The summed E-state index contributed by atoms with van der Waals surface area (Å²) in [6.45, 7) is 6.31. The number of nitrogens with zero attached hydrogens (tertiary/aromatic N) is 1. The molecule has 0 aromatic carbocycles. The van der Waals surface area contributed by atoms with E-state index < -0.39 is 0 Å². The van der Waals surface area contributed by atoms with Crippen molar-refractivity contribution in [2.24, 2.45) is 11.8 Å². The Bertz CT molecular complexity index is 243. The molecule has 17 heavy (non-hydrogen) atoms. The van der Waals surface area contributed by atoms with E-state index in [1.807, 2.05) is 0 Å². The Balaban J connectivity index is 1.54. The Morgan fingerprint density at radius 1 is 1.06 bits per heavy atom. The molecule has 0 amide bonds. The molecule has 3 fully saturated rings. The van der Waals surface area contributed by atoms with E-state index in [0.717, 1.165) is 23.9 Å². The van der Waals surface area contributed by atoms with Crippen LogP contribution in [0.5, 0.6) is 0 Å². The van der Waals surface area contributed by atoms with Crippen LogP contribution in [0.4, 0.5) is 0 Å². The van der Waals surface area contributed by atoms with Crippen molar-refractivity contribution >= 4 is 0 Å². The largest absolute Gasteiger partial charge is 0.311 e. The molecular formula is C15H28N2. The van der Waals surface area contributed by atoms with Crippen LogP contribution < -0.4 is 5.32 Å². The van der Waals surface area contributed by atoms with Gasteiger partial charge in [-0.15, -0.1) is 0 Å². The van der Waals surface area contributed by atoms with Crippen molar-refractivity contribution < 1.29 is 0 Å². The van der Waals surface area contributed by atoms with Crippen LogP contribution in [0.15, 0.2) is 0 Å². The second-order valence-corrected chi connectivity index (χ2v) is 6.66. The summed E-state index contributed by atoms with van der Waals surface area (Å²) in [6, 6.07) is 1.56. The minimum atomic E-state index is 0.760. The Morgan fingerprint density at radius 3 is 2.53 bits per heavy atom. The standard InChI is InChI=1S/C15H28N2/c1-12-9-16-15(14-5-3-2-4-6-14)11-17(12)10-13-7-8-13/h12-16H,2-11H2,1H3. The van der Waals surface area contributed by atoms with Gasteiger partial charge in [0.1, 0.15) is 0 Å². The highest BCUT2D eigenvalue weighted by molar-refractivity contribution is 4.91. The van der Waals surface area contributed by atoms with Crippen LogP contribution in [0.3, 0.4) is 0 Å². The monoisotopic (exact) mass is 236 g/mol. The van der Waals surface area contributed by atoms with E-state index in [1.165, 1.54) is 64.6 Å². The molecule has 2 aliphatic carbocycles. The van der Waals surface area contributed by atoms with Crippen LogP contribution >= 0.6 is 0 Å². The van der Waals surface area contributed by atoms with Gasteiger partial charge in [0.2, 0.25) is 0 Å². The third kappa shape index (κ3) is 3.03. The van der Waals surface area contributed by atoms with Gasteiger partial charge in [0, 0.05) is 31.7 Å². The van der Waals surface area contributed by atoms with E-state index in [4.69, 9.17) is 0 Å². The summed E-state index contributed by atoms with van der Waals surface area (Å²) in [6.07, 6.45) is 10.4. The lowest BCUT2D eigenvalue weighted by Crippen LogP contribution is -2.58. The molecule has 2 saturated carbocycles. The molecule has 2 atom stereocenters. The average Bonchev–Trinajstić information content (AvgIpc) is 3.17. The molecule has 3 rings (SSSR count). The quantitative estimate of drug-likeness (QED) is 0.810. The van der Waals surface area contributed by atoms with E-state index in [-0.39, 0.29) is 0 Å². The third-order valence-corrected chi connectivity index (χ3v) is 5.14. The summed E-state index contributed by atoms with van der Waals surface area (Å²) in [5.41, 5.74) is 0. The first-order valence-electron chi connectivity index (χ1n) is 7.80. The van der Waals surface area contributed by atoms with Gasteiger partial charge in [-0.05, 0) is 44.4 Å². The molecular weight excluding hydrogens is 208 g/mol. The molecule has 1 heterocycles. The highest BCUT2D eigenvalue weighted by Gasteiger charge is 2.33. The van der Waals surface area contributed by atoms with Crippen LogP contribution in [0.2, 0.25) is 0 Å². The lowest BCUT2D eigenvalue weighted by Gasteiger charge is -2.43. The fraction of sp³-hybridized carbons (Fsp3) is 1.00. The summed E-state index contributed by atoms with van der Waals surface area (Å²) in [7, 11) is 0. The van der Waals surface area contributed by atoms with Crippen molar-refractivity contribution in [2.75, 3.05) is 19.6 Å². The van der Waals surface area contributed by atoms with Crippen molar-refractivity contribution in [2.45, 2.75) is 64.0 Å². The zero-order chi connectivity index (χ0) is 11.7. The molecule has 1 N–H and O–H groups in total. The minimum absolute atomic E-state index is 0.760. The summed E-state index contributed by atoms with van der Waals surface area (Å²) in [4.78, 5) is 2.77. The maximum absolute atomic E-state index is 3.82. The normalized spacial score (nSPS) is 37.2. The first kappa shape index (κ1) is 12.0. The Hall–Kier alpha value is -0.0800. The Kier molecular flexibility index (Phi) is 3.72. The predicted octanol–water partition coefficient (Wildman–Crippen LogP) is 2.64. The van der Waals surface area contributed by atoms with Gasteiger partial charge < -0.3 is 5.32 Å². The van der Waals surface area contributed by atoms with Crippen molar-refractivity contribution in [1.29, 1.82) is 0 Å². The molecule has 1 aliphatic heterocycles. The summed E-state index contributed by atoms with van der Waals surface area (Å²) in [5, 5.41) is 3.82. The molecule has 0 radical (unpaired) electrons. The summed E-state index contributed by atoms with van der Waals surface area (Å²) in [5.74, 6) is 2.01. The molecule has 0 bridgehead atoms. The first-order valence-corrected chi connectivity index (χ1v) is 7.80. The number of piperazine rings is 1. The number of rotatable bonds is 3. The lowest BCUT2D eigenvalue weighted by molar-refractivity contribution is 0.100. The van der Waals surface area contributed by atoms with Crippen LogP contribution in [0.25, 0.3) is 0 Å². The van der Waals surface area contributed by atoms with Gasteiger partial charge in [-0.3, -0.25) is 4.90 Å². The molecule has 2 heteroatoms. The molecule has 3 aliphatic rings. The zero-order valence-corrected chi connectivity index (χ0v) is 11.3. The van der Waals surface area contributed by atoms with Crippen molar-refractivity contribution in [3.8, 4) is 0 Å². The minimum Gasteiger partial charge on any atom is -0.311 e. The Morgan fingerprint density at radius 2 is 1.82 bits per heavy atom. The van der Waals surface area contributed by atoms with Gasteiger partial charge in [0.15, 0.2) is 0 Å². The van der Waals surface area contributed by atoms with Crippen LogP contribution in [-0.2, 0) is 0 Å². The fourth-order valence-electron chi connectivity index (χ4n) is 3.69. The molecule has 1 saturated heterocycles. The van der Waals surface area contributed by atoms with E-state index in [2.05, 4.69) is 17.1 Å². The Labute approximate surface area is 106 Å². The van der Waals surface area contributed by atoms with Gasteiger partial charge in [0.05, 0.1) is 0 Å². The number of hydrogen-bond donors (Lipinski definition) is 1.